The maximum atomic E-state index is 13.1. The zero-order valence-corrected chi connectivity index (χ0v) is 9.43. The fraction of sp³-hybridized carbons (Fsp3) is 0.500. The lowest BCUT2D eigenvalue weighted by Crippen LogP contribution is -2.18. The van der Waals surface area contributed by atoms with Crippen LogP contribution in [-0.4, -0.2) is 19.7 Å². The van der Waals surface area contributed by atoms with Crippen molar-refractivity contribution in [1.29, 1.82) is 0 Å². The van der Waals surface area contributed by atoms with Crippen LogP contribution in [0.2, 0.25) is 0 Å². The van der Waals surface area contributed by atoms with E-state index in [-0.39, 0.29) is 5.75 Å². The van der Waals surface area contributed by atoms with Gasteiger partial charge in [-0.3, -0.25) is 0 Å². The molecular formula is C12H17F2NO. The largest absolute Gasteiger partial charge is 0.490 e. The summed E-state index contributed by atoms with van der Waals surface area (Å²) < 4.78 is 30.9. The fourth-order valence-corrected chi connectivity index (χ4v) is 1.27. The Hall–Kier alpha value is -1.16. The van der Waals surface area contributed by atoms with Crippen LogP contribution in [0.1, 0.15) is 19.8 Å². The van der Waals surface area contributed by atoms with Crippen molar-refractivity contribution in [3.8, 4) is 5.75 Å². The highest BCUT2D eigenvalue weighted by Gasteiger charge is 2.03. The summed E-state index contributed by atoms with van der Waals surface area (Å²) in [5, 5.41) is 3.21. The van der Waals surface area contributed by atoms with Crippen LogP contribution in [0, 0.1) is 11.6 Å². The van der Waals surface area contributed by atoms with Crippen LogP contribution < -0.4 is 10.1 Å². The predicted molar refractivity (Wildman–Crippen MR) is 59.6 cm³/mol. The quantitative estimate of drug-likeness (QED) is 0.726. The Morgan fingerprint density at radius 1 is 1.25 bits per heavy atom. The van der Waals surface area contributed by atoms with Crippen molar-refractivity contribution in [2.75, 3.05) is 19.7 Å². The van der Waals surface area contributed by atoms with Gasteiger partial charge in [-0.2, -0.15) is 0 Å². The zero-order chi connectivity index (χ0) is 11.8. The molecule has 0 saturated heterocycles. The predicted octanol–water partition coefficient (Wildman–Crippen LogP) is 2.73. The molecule has 0 saturated carbocycles. The molecule has 0 bridgehead atoms. The minimum Gasteiger partial charge on any atom is -0.490 e. The maximum Gasteiger partial charge on any atom is 0.167 e. The van der Waals surface area contributed by atoms with Crippen molar-refractivity contribution in [1.82, 2.24) is 5.32 Å². The van der Waals surface area contributed by atoms with Crippen LogP contribution in [0.5, 0.6) is 5.75 Å². The Bertz CT molecular complexity index is 318. The lowest BCUT2D eigenvalue weighted by atomic mass is 10.3. The van der Waals surface area contributed by atoms with E-state index in [2.05, 4.69) is 12.2 Å². The third-order valence-electron chi connectivity index (χ3n) is 2.08. The molecule has 0 atom stereocenters. The molecule has 0 fully saturated rings. The van der Waals surface area contributed by atoms with E-state index >= 15 is 0 Å². The molecule has 1 aromatic carbocycles. The van der Waals surface area contributed by atoms with Crippen LogP contribution in [0.25, 0.3) is 0 Å². The second-order valence-corrected chi connectivity index (χ2v) is 3.53. The van der Waals surface area contributed by atoms with E-state index in [1.807, 2.05) is 0 Å². The van der Waals surface area contributed by atoms with Crippen molar-refractivity contribution >= 4 is 0 Å². The van der Waals surface area contributed by atoms with Gasteiger partial charge < -0.3 is 10.1 Å². The summed E-state index contributed by atoms with van der Waals surface area (Å²) in [4.78, 5) is 0. The van der Waals surface area contributed by atoms with E-state index in [1.165, 1.54) is 12.1 Å². The second-order valence-electron chi connectivity index (χ2n) is 3.53. The van der Waals surface area contributed by atoms with Gasteiger partial charge in [-0.05, 0) is 38.1 Å². The Morgan fingerprint density at radius 2 is 2.06 bits per heavy atom. The van der Waals surface area contributed by atoms with Gasteiger partial charge in [0.25, 0.3) is 0 Å². The van der Waals surface area contributed by atoms with Gasteiger partial charge in [-0.15, -0.1) is 0 Å². The normalized spacial score (nSPS) is 10.4. The van der Waals surface area contributed by atoms with Gasteiger partial charge in [0, 0.05) is 6.07 Å². The van der Waals surface area contributed by atoms with Gasteiger partial charge in [0.05, 0.1) is 6.61 Å². The minimum atomic E-state index is -0.651. The van der Waals surface area contributed by atoms with Gasteiger partial charge in [-0.1, -0.05) is 6.92 Å². The first-order valence-corrected chi connectivity index (χ1v) is 5.52. The van der Waals surface area contributed by atoms with Gasteiger partial charge in [0.1, 0.15) is 5.82 Å². The molecule has 0 aliphatic rings. The molecule has 2 nitrogen and oxygen atoms in total. The summed E-state index contributed by atoms with van der Waals surface area (Å²) >= 11 is 0. The lowest BCUT2D eigenvalue weighted by Gasteiger charge is -2.07. The summed E-state index contributed by atoms with van der Waals surface area (Å²) in [5.41, 5.74) is 0. The lowest BCUT2D eigenvalue weighted by molar-refractivity contribution is 0.292. The molecule has 0 amide bonds. The number of halogens is 2. The molecule has 1 N–H and O–H groups in total. The van der Waals surface area contributed by atoms with E-state index in [1.54, 1.807) is 0 Å². The molecule has 0 aliphatic carbocycles. The molecule has 1 aromatic rings. The van der Waals surface area contributed by atoms with E-state index in [0.717, 1.165) is 32.0 Å². The Labute approximate surface area is 94.6 Å². The SMILES string of the molecule is CCCNCCCOc1ccc(F)cc1F. The smallest absolute Gasteiger partial charge is 0.167 e. The average Bonchev–Trinajstić information content (AvgIpc) is 2.26. The van der Waals surface area contributed by atoms with E-state index in [9.17, 15) is 8.78 Å². The number of hydrogen-bond acceptors (Lipinski definition) is 2. The summed E-state index contributed by atoms with van der Waals surface area (Å²) in [5.74, 6) is -1.13. The Balaban J connectivity index is 2.21. The van der Waals surface area contributed by atoms with Gasteiger partial charge >= 0.3 is 0 Å². The number of hydrogen-bond donors (Lipinski definition) is 1. The van der Waals surface area contributed by atoms with Crippen LogP contribution >= 0.6 is 0 Å². The summed E-state index contributed by atoms with van der Waals surface area (Å²) in [6.07, 6.45) is 1.89. The summed E-state index contributed by atoms with van der Waals surface area (Å²) in [6, 6.07) is 3.32. The van der Waals surface area contributed by atoms with Crippen LogP contribution in [0.15, 0.2) is 18.2 Å². The molecule has 0 unspecified atom stereocenters. The third kappa shape index (κ3) is 4.57. The first kappa shape index (κ1) is 12.9. The van der Waals surface area contributed by atoms with Crippen LogP contribution in [0.4, 0.5) is 8.78 Å². The van der Waals surface area contributed by atoms with E-state index in [4.69, 9.17) is 4.74 Å². The molecule has 4 heteroatoms. The van der Waals surface area contributed by atoms with E-state index in [0.29, 0.717) is 6.61 Å². The number of ether oxygens (including phenoxy) is 1. The van der Waals surface area contributed by atoms with Crippen molar-refractivity contribution in [2.24, 2.45) is 0 Å². The Kier molecular flexibility index (Phi) is 5.78. The highest BCUT2D eigenvalue weighted by atomic mass is 19.1. The highest BCUT2D eigenvalue weighted by molar-refractivity contribution is 5.24. The summed E-state index contributed by atoms with van der Waals surface area (Å²) in [6.45, 7) is 4.35. The molecule has 0 aromatic heterocycles. The molecule has 1 rings (SSSR count). The zero-order valence-electron chi connectivity index (χ0n) is 9.43. The molecule has 16 heavy (non-hydrogen) atoms. The molecule has 0 aliphatic heterocycles. The van der Waals surface area contributed by atoms with Gasteiger partial charge in [-0.25, -0.2) is 8.78 Å². The van der Waals surface area contributed by atoms with Crippen LogP contribution in [-0.2, 0) is 0 Å². The van der Waals surface area contributed by atoms with Crippen LogP contribution in [0.3, 0.4) is 0 Å². The Morgan fingerprint density at radius 3 is 2.75 bits per heavy atom. The molecule has 0 radical (unpaired) electrons. The molecule has 0 heterocycles. The van der Waals surface area contributed by atoms with Crippen molar-refractivity contribution in [3.63, 3.8) is 0 Å². The number of rotatable bonds is 7. The second kappa shape index (κ2) is 7.17. The number of benzene rings is 1. The maximum absolute atomic E-state index is 13.1. The van der Waals surface area contributed by atoms with Gasteiger partial charge in [0.15, 0.2) is 11.6 Å². The standard InChI is InChI=1S/C12H17F2NO/c1-2-6-15-7-3-8-16-12-5-4-10(13)9-11(12)14/h4-5,9,15H,2-3,6-8H2,1H3. The van der Waals surface area contributed by atoms with Crippen molar-refractivity contribution in [2.45, 2.75) is 19.8 Å². The summed E-state index contributed by atoms with van der Waals surface area (Å²) in [7, 11) is 0. The molecular weight excluding hydrogens is 212 g/mol. The van der Waals surface area contributed by atoms with Crippen molar-refractivity contribution in [3.05, 3.63) is 29.8 Å². The fourth-order valence-electron chi connectivity index (χ4n) is 1.27. The number of nitrogens with one attached hydrogen (secondary N) is 1. The van der Waals surface area contributed by atoms with Gasteiger partial charge in [0.2, 0.25) is 0 Å². The topological polar surface area (TPSA) is 21.3 Å². The first-order valence-electron chi connectivity index (χ1n) is 5.52. The highest BCUT2D eigenvalue weighted by Crippen LogP contribution is 2.17. The molecule has 90 valence electrons. The average molecular weight is 229 g/mol. The monoisotopic (exact) mass is 229 g/mol. The third-order valence-corrected chi connectivity index (χ3v) is 2.08. The minimum absolute atomic E-state index is 0.108. The van der Waals surface area contributed by atoms with Crippen molar-refractivity contribution < 1.29 is 13.5 Å². The first-order chi connectivity index (χ1) is 7.74. The van der Waals surface area contributed by atoms with E-state index < -0.39 is 11.6 Å². The molecule has 0 spiro atoms.